The van der Waals surface area contributed by atoms with Crippen molar-refractivity contribution in [3.63, 3.8) is 0 Å². The SMILES string of the molecule is CCCNC1C=CN(C2CC(OC)C(COC)O2)C(=O)N1. The topological polar surface area (TPSA) is 72.1 Å². The molecule has 2 heterocycles. The zero-order valence-electron chi connectivity index (χ0n) is 12.9. The fourth-order valence-corrected chi connectivity index (χ4v) is 2.58. The van der Waals surface area contributed by atoms with E-state index >= 15 is 0 Å². The van der Waals surface area contributed by atoms with E-state index in [2.05, 4.69) is 17.6 Å². The quantitative estimate of drug-likeness (QED) is 0.721. The molecule has 0 aromatic heterocycles. The predicted molar refractivity (Wildman–Crippen MR) is 77.5 cm³/mol. The van der Waals surface area contributed by atoms with Crippen molar-refractivity contribution < 1.29 is 19.0 Å². The number of hydrogen-bond acceptors (Lipinski definition) is 5. The Hall–Kier alpha value is -1.15. The third kappa shape index (κ3) is 3.94. The summed E-state index contributed by atoms with van der Waals surface area (Å²) in [6.07, 6.45) is 4.69. The monoisotopic (exact) mass is 299 g/mol. The van der Waals surface area contributed by atoms with Crippen LogP contribution in [0.3, 0.4) is 0 Å². The average molecular weight is 299 g/mol. The summed E-state index contributed by atoms with van der Waals surface area (Å²) >= 11 is 0. The van der Waals surface area contributed by atoms with Crippen LogP contribution in [0.25, 0.3) is 0 Å². The van der Waals surface area contributed by atoms with Gasteiger partial charge in [0.15, 0.2) is 0 Å². The van der Waals surface area contributed by atoms with Gasteiger partial charge in [0.1, 0.15) is 18.5 Å². The molecule has 0 saturated carbocycles. The van der Waals surface area contributed by atoms with Crippen molar-refractivity contribution in [3.05, 3.63) is 12.3 Å². The summed E-state index contributed by atoms with van der Waals surface area (Å²) in [6, 6.07) is -0.163. The number of nitrogens with one attached hydrogen (secondary N) is 2. The van der Waals surface area contributed by atoms with Gasteiger partial charge in [-0.15, -0.1) is 0 Å². The maximum Gasteiger partial charge on any atom is 0.325 e. The van der Waals surface area contributed by atoms with E-state index in [1.807, 2.05) is 6.08 Å². The molecule has 2 N–H and O–H groups in total. The van der Waals surface area contributed by atoms with Crippen molar-refractivity contribution in [2.45, 2.75) is 44.4 Å². The molecule has 4 atom stereocenters. The minimum absolute atomic E-state index is 0.0629. The molecule has 2 rings (SSSR count). The Bertz CT molecular complexity index is 377. The number of carbonyl (C=O) groups excluding carboxylic acids is 1. The Kier molecular flexibility index (Phi) is 5.98. The maximum atomic E-state index is 12.2. The fourth-order valence-electron chi connectivity index (χ4n) is 2.58. The molecule has 21 heavy (non-hydrogen) atoms. The molecule has 0 aliphatic carbocycles. The normalized spacial score (nSPS) is 32.5. The number of hydrogen-bond donors (Lipinski definition) is 2. The van der Waals surface area contributed by atoms with Crippen molar-refractivity contribution >= 4 is 6.03 Å². The lowest BCUT2D eigenvalue weighted by Gasteiger charge is -2.31. The van der Waals surface area contributed by atoms with E-state index in [4.69, 9.17) is 14.2 Å². The van der Waals surface area contributed by atoms with Crippen LogP contribution in [0.4, 0.5) is 4.79 Å². The summed E-state index contributed by atoms with van der Waals surface area (Å²) in [4.78, 5) is 13.8. The van der Waals surface area contributed by atoms with Gasteiger partial charge in [-0.2, -0.15) is 0 Å². The van der Waals surface area contributed by atoms with E-state index in [9.17, 15) is 4.79 Å². The average Bonchev–Trinajstić information content (AvgIpc) is 2.88. The highest BCUT2D eigenvalue weighted by molar-refractivity contribution is 5.77. The lowest BCUT2D eigenvalue weighted by Crippen LogP contribution is -2.54. The fraction of sp³-hybridized carbons (Fsp3) is 0.786. The second-order valence-electron chi connectivity index (χ2n) is 5.22. The first kappa shape index (κ1) is 16.2. The molecule has 1 saturated heterocycles. The molecule has 0 bridgehead atoms. The van der Waals surface area contributed by atoms with Gasteiger partial charge < -0.3 is 19.5 Å². The van der Waals surface area contributed by atoms with Gasteiger partial charge in [0.05, 0.1) is 12.7 Å². The van der Waals surface area contributed by atoms with Crippen LogP contribution in [0.15, 0.2) is 12.3 Å². The van der Waals surface area contributed by atoms with Crippen LogP contribution in [0.1, 0.15) is 19.8 Å². The Morgan fingerprint density at radius 1 is 1.52 bits per heavy atom. The second-order valence-corrected chi connectivity index (χ2v) is 5.22. The third-order valence-electron chi connectivity index (χ3n) is 3.69. The molecule has 1 fully saturated rings. The van der Waals surface area contributed by atoms with Gasteiger partial charge in [0.25, 0.3) is 0 Å². The van der Waals surface area contributed by atoms with E-state index in [1.54, 1.807) is 25.3 Å². The number of carbonyl (C=O) groups is 1. The summed E-state index contributed by atoms with van der Waals surface area (Å²) in [6.45, 7) is 3.40. The zero-order chi connectivity index (χ0) is 15.2. The Morgan fingerprint density at radius 2 is 2.33 bits per heavy atom. The van der Waals surface area contributed by atoms with Crippen molar-refractivity contribution in [2.24, 2.45) is 0 Å². The molecular weight excluding hydrogens is 274 g/mol. The minimum Gasteiger partial charge on any atom is -0.382 e. The van der Waals surface area contributed by atoms with E-state index in [1.165, 1.54) is 0 Å². The number of urea groups is 1. The smallest absolute Gasteiger partial charge is 0.325 e. The third-order valence-corrected chi connectivity index (χ3v) is 3.69. The van der Waals surface area contributed by atoms with Gasteiger partial charge in [0.2, 0.25) is 0 Å². The number of amides is 2. The van der Waals surface area contributed by atoms with Crippen molar-refractivity contribution in [3.8, 4) is 0 Å². The van der Waals surface area contributed by atoms with Crippen LogP contribution < -0.4 is 10.6 Å². The van der Waals surface area contributed by atoms with Crippen LogP contribution in [0.5, 0.6) is 0 Å². The molecule has 4 unspecified atom stereocenters. The first-order valence-corrected chi connectivity index (χ1v) is 7.37. The molecular formula is C14H25N3O4. The first-order valence-electron chi connectivity index (χ1n) is 7.37. The van der Waals surface area contributed by atoms with Crippen LogP contribution in [-0.2, 0) is 14.2 Å². The highest BCUT2D eigenvalue weighted by Crippen LogP contribution is 2.26. The van der Waals surface area contributed by atoms with Crippen LogP contribution in [0.2, 0.25) is 0 Å². The van der Waals surface area contributed by atoms with E-state index in [0.717, 1.165) is 13.0 Å². The summed E-state index contributed by atoms with van der Waals surface area (Å²) in [7, 11) is 3.27. The molecule has 0 radical (unpaired) electrons. The van der Waals surface area contributed by atoms with E-state index < -0.39 is 0 Å². The predicted octanol–water partition coefficient (Wildman–Crippen LogP) is 0.627. The molecule has 0 aromatic carbocycles. The largest absolute Gasteiger partial charge is 0.382 e. The van der Waals surface area contributed by atoms with Crippen LogP contribution >= 0.6 is 0 Å². The summed E-state index contributed by atoms with van der Waals surface area (Å²) in [5, 5.41) is 6.13. The standard InChI is InChI=1S/C14H25N3O4/c1-4-6-15-12-5-7-17(14(18)16-12)13-8-10(20-3)11(21-13)9-19-2/h5,7,10-13,15H,4,6,8-9H2,1-3H3,(H,16,18). The van der Waals surface area contributed by atoms with Crippen molar-refractivity contribution in [1.82, 2.24) is 15.5 Å². The summed E-state index contributed by atoms with van der Waals surface area (Å²) in [5.41, 5.74) is 0. The lowest BCUT2D eigenvalue weighted by molar-refractivity contribution is -0.0677. The Balaban J connectivity index is 1.95. The van der Waals surface area contributed by atoms with Crippen molar-refractivity contribution in [2.75, 3.05) is 27.4 Å². The van der Waals surface area contributed by atoms with E-state index in [-0.39, 0.29) is 30.6 Å². The molecule has 2 aliphatic heterocycles. The molecule has 7 heteroatoms. The maximum absolute atomic E-state index is 12.2. The molecule has 2 amide bonds. The van der Waals surface area contributed by atoms with Gasteiger partial charge >= 0.3 is 6.03 Å². The van der Waals surface area contributed by atoms with Gasteiger partial charge in [-0.25, -0.2) is 4.79 Å². The second kappa shape index (κ2) is 7.74. The van der Waals surface area contributed by atoms with Crippen LogP contribution in [0, 0.1) is 0 Å². The molecule has 2 aliphatic rings. The Labute approximate surface area is 125 Å². The molecule has 0 aromatic rings. The summed E-state index contributed by atoms with van der Waals surface area (Å²) in [5.74, 6) is 0. The Morgan fingerprint density at radius 3 is 2.95 bits per heavy atom. The molecule has 7 nitrogen and oxygen atoms in total. The summed E-state index contributed by atoms with van der Waals surface area (Å²) < 4.78 is 16.4. The van der Waals surface area contributed by atoms with Crippen molar-refractivity contribution in [1.29, 1.82) is 0 Å². The number of rotatable bonds is 7. The zero-order valence-corrected chi connectivity index (χ0v) is 12.9. The van der Waals surface area contributed by atoms with Gasteiger partial charge in [-0.3, -0.25) is 10.2 Å². The first-order chi connectivity index (χ1) is 10.2. The lowest BCUT2D eigenvalue weighted by atomic mass is 10.2. The van der Waals surface area contributed by atoms with Gasteiger partial charge in [0, 0.05) is 26.8 Å². The van der Waals surface area contributed by atoms with Crippen LogP contribution in [-0.4, -0.2) is 62.9 Å². The highest BCUT2D eigenvalue weighted by atomic mass is 16.6. The number of nitrogens with zero attached hydrogens (tertiary/aromatic N) is 1. The number of ether oxygens (including phenoxy) is 3. The highest BCUT2D eigenvalue weighted by Gasteiger charge is 2.40. The minimum atomic E-state index is -0.321. The van der Waals surface area contributed by atoms with Gasteiger partial charge in [-0.1, -0.05) is 6.92 Å². The van der Waals surface area contributed by atoms with E-state index in [0.29, 0.717) is 13.0 Å². The molecule has 0 spiro atoms. The molecule has 120 valence electrons. The van der Waals surface area contributed by atoms with Gasteiger partial charge in [-0.05, 0) is 19.0 Å². The number of methoxy groups -OCH3 is 2.